The number of amides is 1. The van der Waals surface area contributed by atoms with E-state index in [9.17, 15) is 4.79 Å². The van der Waals surface area contributed by atoms with E-state index in [4.69, 9.17) is 10.5 Å². The van der Waals surface area contributed by atoms with Gasteiger partial charge in [-0.15, -0.1) is 0 Å². The molecule has 0 bridgehead atoms. The molecular formula is C11H22N2O2. The Kier molecular flexibility index (Phi) is 5.05. The highest BCUT2D eigenvalue weighted by Gasteiger charge is 2.23. The molecule has 1 saturated heterocycles. The van der Waals surface area contributed by atoms with Crippen molar-refractivity contribution in [3.05, 3.63) is 0 Å². The zero-order valence-corrected chi connectivity index (χ0v) is 9.66. The van der Waals surface area contributed by atoms with E-state index in [0.29, 0.717) is 12.3 Å². The van der Waals surface area contributed by atoms with Gasteiger partial charge in [-0.05, 0) is 19.8 Å². The third-order valence-corrected chi connectivity index (χ3v) is 3.03. The van der Waals surface area contributed by atoms with Gasteiger partial charge in [0, 0.05) is 31.0 Å². The molecule has 0 aromatic rings. The minimum atomic E-state index is -0.0166. The summed E-state index contributed by atoms with van der Waals surface area (Å²) in [5.74, 6) is 0.524. The molecule has 3 atom stereocenters. The van der Waals surface area contributed by atoms with Crippen LogP contribution < -0.4 is 11.1 Å². The number of nitrogens with two attached hydrogens (primary N) is 1. The third kappa shape index (κ3) is 4.18. The van der Waals surface area contributed by atoms with Gasteiger partial charge < -0.3 is 15.8 Å². The van der Waals surface area contributed by atoms with Crippen LogP contribution in [0, 0.1) is 5.92 Å². The van der Waals surface area contributed by atoms with Crippen molar-refractivity contribution in [2.45, 2.75) is 45.2 Å². The molecule has 0 aromatic heterocycles. The Morgan fingerprint density at radius 3 is 2.93 bits per heavy atom. The van der Waals surface area contributed by atoms with Crippen LogP contribution in [0.2, 0.25) is 0 Å². The van der Waals surface area contributed by atoms with Gasteiger partial charge in [0.1, 0.15) is 0 Å². The van der Waals surface area contributed by atoms with Crippen LogP contribution in [-0.2, 0) is 9.53 Å². The van der Waals surface area contributed by atoms with Gasteiger partial charge in [0.05, 0.1) is 6.61 Å². The van der Waals surface area contributed by atoms with E-state index in [2.05, 4.69) is 5.32 Å². The molecule has 0 spiro atoms. The topological polar surface area (TPSA) is 64.4 Å². The summed E-state index contributed by atoms with van der Waals surface area (Å²) in [5, 5.41) is 2.99. The Morgan fingerprint density at radius 2 is 2.40 bits per heavy atom. The summed E-state index contributed by atoms with van der Waals surface area (Å²) >= 11 is 0. The van der Waals surface area contributed by atoms with E-state index >= 15 is 0 Å². The molecule has 3 unspecified atom stereocenters. The minimum Gasteiger partial charge on any atom is -0.381 e. The monoisotopic (exact) mass is 214 g/mol. The number of nitrogens with one attached hydrogen (secondary N) is 1. The fourth-order valence-corrected chi connectivity index (χ4v) is 1.76. The number of ether oxygens (including phenoxy) is 1. The van der Waals surface area contributed by atoms with E-state index in [0.717, 1.165) is 26.1 Å². The van der Waals surface area contributed by atoms with Gasteiger partial charge in [-0.1, -0.05) is 6.92 Å². The summed E-state index contributed by atoms with van der Waals surface area (Å²) < 4.78 is 5.29. The molecule has 1 amide bonds. The smallest absolute Gasteiger partial charge is 0.221 e. The summed E-state index contributed by atoms with van der Waals surface area (Å²) in [7, 11) is 0. The molecular weight excluding hydrogens is 192 g/mol. The van der Waals surface area contributed by atoms with Crippen molar-refractivity contribution in [1.82, 2.24) is 5.32 Å². The molecule has 4 nitrogen and oxygen atoms in total. The predicted octanol–water partition coefficient (Wildman–Crippen LogP) is 0.655. The summed E-state index contributed by atoms with van der Waals surface area (Å²) in [6.45, 7) is 5.61. The van der Waals surface area contributed by atoms with Crippen LogP contribution in [0.15, 0.2) is 0 Å². The van der Waals surface area contributed by atoms with E-state index < -0.39 is 0 Å². The lowest BCUT2D eigenvalue weighted by atomic mass is 10.0. The van der Waals surface area contributed by atoms with Crippen LogP contribution in [0.25, 0.3) is 0 Å². The Morgan fingerprint density at radius 1 is 1.67 bits per heavy atom. The van der Waals surface area contributed by atoms with Crippen LogP contribution in [0.5, 0.6) is 0 Å². The molecule has 0 aliphatic carbocycles. The van der Waals surface area contributed by atoms with Gasteiger partial charge in [0.25, 0.3) is 0 Å². The van der Waals surface area contributed by atoms with Gasteiger partial charge in [-0.2, -0.15) is 0 Å². The first-order chi connectivity index (χ1) is 7.13. The van der Waals surface area contributed by atoms with Gasteiger partial charge in [0.2, 0.25) is 5.91 Å². The van der Waals surface area contributed by atoms with Crippen LogP contribution >= 0.6 is 0 Å². The molecule has 15 heavy (non-hydrogen) atoms. The lowest BCUT2D eigenvalue weighted by Crippen LogP contribution is -2.40. The first kappa shape index (κ1) is 12.5. The van der Waals surface area contributed by atoms with Crippen LogP contribution in [-0.4, -0.2) is 31.2 Å². The lowest BCUT2D eigenvalue weighted by Gasteiger charge is -2.20. The van der Waals surface area contributed by atoms with Crippen LogP contribution in [0.1, 0.15) is 33.1 Å². The van der Waals surface area contributed by atoms with Crippen molar-refractivity contribution in [2.75, 3.05) is 13.2 Å². The average molecular weight is 214 g/mol. The molecule has 1 fully saturated rings. The van der Waals surface area contributed by atoms with E-state index in [-0.39, 0.29) is 18.0 Å². The quantitative estimate of drug-likeness (QED) is 0.706. The second-order valence-electron chi connectivity index (χ2n) is 4.35. The van der Waals surface area contributed by atoms with Gasteiger partial charge in [0.15, 0.2) is 0 Å². The zero-order chi connectivity index (χ0) is 11.3. The highest BCUT2D eigenvalue weighted by Crippen LogP contribution is 2.16. The maximum atomic E-state index is 11.5. The fourth-order valence-electron chi connectivity index (χ4n) is 1.76. The summed E-state index contributed by atoms with van der Waals surface area (Å²) in [6, 6.07) is 0.182. The zero-order valence-electron chi connectivity index (χ0n) is 9.66. The highest BCUT2D eigenvalue weighted by molar-refractivity contribution is 5.76. The maximum Gasteiger partial charge on any atom is 0.221 e. The largest absolute Gasteiger partial charge is 0.381 e. The van der Waals surface area contributed by atoms with Gasteiger partial charge >= 0.3 is 0 Å². The summed E-state index contributed by atoms with van der Waals surface area (Å²) in [6.07, 6.45) is 2.31. The Hall–Kier alpha value is -0.610. The highest BCUT2D eigenvalue weighted by atomic mass is 16.5. The molecule has 0 radical (unpaired) electrons. The van der Waals surface area contributed by atoms with Crippen molar-refractivity contribution >= 4 is 5.91 Å². The third-order valence-electron chi connectivity index (χ3n) is 3.03. The minimum absolute atomic E-state index is 0.0166. The number of carbonyl (C=O) groups excluding carboxylic acids is 1. The summed E-state index contributed by atoms with van der Waals surface area (Å²) in [4.78, 5) is 11.5. The van der Waals surface area contributed by atoms with Crippen molar-refractivity contribution in [3.8, 4) is 0 Å². The number of rotatable bonds is 5. The van der Waals surface area contributed by atoms with Gasteiger partial charge in [-0.3, -0.25) is 4.79 Å². The molecule has 4 heteroatoms. The molecule has 0 saturated carbocycles. The van der Waals surface area contributed by atoms with Crippen molar-refractivity contribution in [1.29, 1.82) is 0 Å². The Bertz CT molecular complexity index is 203. The molecule has 0 aromatic carbocycles. The number of carbonyl (C=O) groups is 1. The van der Waals surface area contributed by atoms with Gasteiger partial charge in [-0.25, -0.2) is 0 Å². The SMILES string of the molecule is CCC(N)CC(=O)NC(C)C1CCOC1. The number of hydrogen-bond acceptors (Lipinski definition) is 3. The normalized spacial score (nSPS) is 24.9. The first-order valence-corrected chi connectivity index (χ1v) is 5.76. The predicted molar refractivity (Wildman–Crippen MR) is 59.4 cm³/mol. The standard InChI is InChI=1S/C11H22N2O2/c1-3-10(12)6-11(14)13-8(2)9-4-5-15-7-9/h8-10H,3-7,12H2,1-2H3,(H,13,14). The molecule has 1 rings (SSSR count). The van der Waals surface area contributed by atoms with Crippen LogP contribution in [0.4, 0.5) is 0 Å². The Labute approximate surface area is 91.5 Å². The Balaban J connectivity index is 2.24. The average Bonchev–Trinajstić information content (AvgIpc) is 2.70. The molecule has 1 heterocycles. The van der Waals surface area contributed by atoms with E-state index in [1.54, 1.807) is 0 Å². The number of hydrogen-bond donors (Lipinski definition) is 2. The van der Waals surface area contributed by atoms with Crippen molar-refractivity contribution in [2.24, 2.45) is 11.7 Å². The first-order valence-electron chi connectivity index (χ1n) is 5.76. The van der Waals surface area contributed by atoms with Crippen molar-refractivity contribution in [3.63, 3.8) is 0 Å². The van der Waals surface area contributed by atoms with Crippen LogP contribution in [0.3, 0.4) is 0 Å². The lowest BCUT2D eigenvalue weighted by molar-refractivity contribution is -0.122. The second kappa shape index (κ2) is 6.08. The second-order valence-corrected chi connectivity index (χ2v) is 4.35. The molecule has 88 valence electrons. The van der Waals surface area contributed by atoms with Crippen molar-refractivity contribution < 1.29 is 9.53 Å². The molecule has 1 aliphatic heterocycles. The van der Waals surface area contributed by atoms with E-state index in [1.165, 1.54) is 0 Å². The maximum absolute atomic E-state index is 11.5. The molecule has 1 aliphatic rings. The van der Waals surface area contributed by atoms with E-state index in [1.807, 2.05) is 13.8 Å². The summed E-state index contributed by atoms with van der Waals surface area (Å²) in [5.41, 5.74) is 5.72. The fraction of sp³-hybridized carbons (Fsp3) is 0.909. The molecule has 3 N–H and O–H groups in total.